The van der Waals surface area contributed by atoms with Gasteiger partial charge in [0.1, 0.15) is 0 Å². The maximum Gasteiger partial charge on any atom is 0.244 e. The number of benzene rings is 1. The second-order valence-electron chi connectivity index (χ2n) is 5.61. The first-order chi connectivity index (χ1) is 11.2. The van der Waals surface area contributed by atoms with Gasteiger partial charge in [0.2, 0.25) is 12.4 Å². The molecule has 1 aromatic heterocycles. The average Bonchev–Trinajstić information content (AvgIpc) is 2.60. The number of hydrogen-bond donors (Lipinski definition) is 1. The number of piperazine rings is 1. The zero-order chi connectivity index (χ0) is 16.1. The van der Waals surface area contributed by atoms with Gasteiger partial charge in [0.25, 0.3) is 0 Å². The maximum absolute atomic E-state index is 10.8. The summed E-state index contributed by atoms with van der Waals surface area (Å²) in [7, 11) is 0. The van der Waals surface area contributed by atoms with Gasteiger partial charge >= 0.3 is 0 Å². The van der Waals surface area contributed by atoms with Gasteiger partial charge in [-0.25, -0.2) is 0 Å². The molecule has 2 aromatic rings. The first kappa shape index (κ1) is 15.2. The van der Waals surface area contributed by atoms with Gasteiger partial charge in [-0.1, -0.05) is 29.8 Å². The number of carbonyl (C=O) groups excluding carboxylic acids is 1. The molecule has 1 fully saturated rings. The van der Waals surface area contributed by atoms with E-state index in [1.807, 2.05) is 6.07 Å². The number of rotatable bonds is 5. The smallest absolute Gasteiger partial charge is 0.244 e. The van der Waals surface area contributed by atoms with Crippen molar-refractivity contribution in [2.45, 2.75) is 13.5 Å². The Balaban J connectivity index is 1.62. The molecule has 23 heavy (non-hydrogen) atoms. The van der Waals surface area contributed by atoms with Gasteiger partial charge in [-0.05, 0) is 12.5 Å². The molecule has 0 atom stereocenters. The molecule has 0 bridgehead atoms. The zero-order valence-corrected chi connectivity index (χ0v) is 13.1. The predicted octanol–water partition coefficient (Wildman–Crippen LogP) is 1.07. The number of anilines is 2. The van der Waals surface area contributed by atoms with Crippen molar-refractivity contribution in [3.63, 3.8) is 0 Å². The van der Waals surface area contributed by atoms with E-state index in [-0.39, 0.29) is 0 Å². The molecule has 120 valence electrons. The predicted molar refractivity (Wildman–Crippen MR) is 88.2 cm³/mol. The van der Waals surface area contributed by atoms with Crippen LogP contribution in [0.4, 0.5) is 11.8 Å². The van der Waals surface area contributed by atoms with Crippen LogP contribution in [-0.2, 0) is 11.3 Å². The Morgan fingerprint density at radius 2 is 2.09 bits per heavy atom. The van der Waals surface area contributed by atoms with Crippen molar-refractivity contribution in [3.8, 4) is 0 Å². The summed E-state index contributed by atoms with van der Waals surface area (Å²) >= 11 is 0. The highest BCUT2D eigenvalue weighted by Gasteiger charge is 2.17. The van der Waals surface area contributed by atoms with Crippen molar-refractivity contribution in [2.24, 2.45) is 0 Å². The number of aryl methyl sites for hydroxylation is 1. The van der Waals surface area contributed by atoms with E-state index >= 15 is 0 Å². The fraction of sp³-hybridized carbons (Fsp3) is 0.375. The van der Waals surface area contributed by atoms with E-state index in [9.17, 15) is 4.79 Å². The third-order valence-corrected chi connectivity index (χ3v) is 3.87. The summed E-state index contributed by atoms with van der Waals surface area (Å²) in [6.07, 6.45) is 2.55. The summed E-state index contributed by atoms with van der Waals surface area (Å²) in [5.74, 6) is 1.30. The van der Waals surface area contributed by atoms with E-state index < -0.39 is 0 Å². The lowest BCUT2D eigenvalue weighted by atomic mass is 10.1. The second kappa shape index (κ2) is 7.04. The highest BCUT2D eigenvalue weighted by atomic mass is 16.1. The molecule has 1 amide bonds. The molecule has 1 N–H and O–H groups in total. The maximum atomic E-state index is 10.8. The molecule has 7 heteroatoms. The van der Waals surface area contributed by atoms with Gasteiger partial charge in [-0.3, -0.25) is 4.79 Å². The highest BCUT2D eigenvalue weighted by Crippen LogP contribution is 2.13. The van der Waals surface area contributed by atoms with Gasteiger partial charge in [0, 0.05) is 32.7 Å². The molecule has 2 heterocycles. The number of carbonyl (C=O) groups is 1. The molecule has 1 saturated heterocycles. The summed E-state index contributed by atoms with van der Waals surface area (Å²) in [6, 6.07) is 8.30. The lowest BCUT2D eigenvalue weighted by Gasteiger charge is -2.33. The van der Waals surface area contributed by atoms with Crippen LogP contribution in [-0.4, -0.2) is 52.7 Å². The molecule has 0 unspecified atom stereocenters. The fourth-order valence-electron chi connectivity index (χ4n) is 2.58. The van der Waals surface area contributed by atoms with Crippen LogP contribution in [0.1, 0.15) is 11.1 Å². The van der Waals surface area contributed by atoms with Crippen molar-refractivity contribution in [2.75, 3.05) is 36.4 Å². The molecule has 1 aliphatic heterocycles. The van der Waals surface area contributed by atoms with E-state index in [2.05, 4.69) is 50.5 Å². The second-order valence-corrected chi connectivity index (χ2v) is 5.61. The van der Waals surface area contributed by atoms with Crippen molar-refractivity contribution in [3.05, 3.63) is 41.6 Å². The van der Waals surface area contributed by atoms with E-state index in [1.54, 1.807) is 11.1 Å². The van der Waals surface area contributed by atoms with Crippen LogP contribution in [0.5, 0.6) is 0 Å². The van der Waals surface area contributed by atoms with Gasteiger partial charge in [-0.15, -0.1) is 5.10 Å². The van der Waals surface area contributed by atoms with E-state index in [0.717, 1.165) is 25.3 Å². The molecule has 3 rings (SSSR count). The number of nitrogens with one attached hydrogen (secondary N) is 1. The molecule has 0 radical (unpaired) electrons. The largest absolute Gasteiger partial charge is 0.352 e. The highest BCUT2D eigenvalue weighted by molar-refractivity contribution is 5.49. The topological polar surface area (TPSA) is 74.2 Å². The van der Waals surface area contributed by atoms with E-state index in [0.29, 0.717) is 25.6 Å². The van der Waals surface area contributed by atoms with Crippen molar-refractivity contribution >= 4 is 18.2 Å². The van der Waals surface area contributed by atoms with Crippen LogP contribution < -0.4 is 10.2 Å². The van der Waals surface area contributed by atoms with Crippen LogP contribution >= 0.6 is 0 Å². The molecule has 0 saturated carbocycles. The van der Waals surface area contributed by atoms with Crippen LogP contribution in [0.15, 0.2) is 30.5 Å². The van der Waals surface area contributed by atoms with Crippen LogP contribution in [0.3, 0.4) is 0 Å². The Kier molecular flexibility index (Phi) is 4.65. The Labute approximate surface area is 135 Å². The first-order valence-corrected chi connectivity index (χ1v) is 7.68. The Morgan fingerprint density at radius 3 is 2.83 bits per heavy atom. The molecule has 7 nitrogen and oxygen atoms in total. The summed E-state index contributed by atoms with van der Waals surface area (Å²) < 4.78 is 0. The summed E-state index contributed by atoms with van der Waals surface area (Å²) in [6.45, 7) is 5.66. The minimum atomic E-state index is 0.516. The number of amides is 1. The van der Waals surface area contributed by atoms with Crippen molar-refractivity contribution in [1.29, 1.82) is 0 Å². The Hall–Kier alpha value is -2.70. The van der Waals surface area contributed by atoms with Crippen molar-refractivity contribution < 1.29 is 4.79 Å². The summed E-state index contributed by atoms with van der Waals surface area (Å²) in [5.41, 5.74) is 2.41. The minimum absolute atomic E-state index is 0.516. The van der Waals surface area contributed by atoms with Gasteiger partial charge in [0.05, 0.1) is 6.20 Å². The lowest BCUT2D eigenvalue weighted by molar-refractivity contribution is -0.118. The SMILES string of the molecule is Cc1cccc(CNc2nncc(N3CCN(C=O)CC3)n2)c1. The summed E-state index contributed by atoms with van der Waals surface area (Å²) in [4.78, 5) is 19.2. The van der Waals surface area contributed by atoms with Crippen LogP contribution in [0.2, 0.25) is 0 Å². The minimum Gasteiger partial charge on any atom is -0.352 e. The van der Waals surface area contributed by atoms with Crippen molar-refractivity contribution in [1.82, 2.24) is 20.1 Å². The van der Waals surface area contributed by atoms with Gasteiger partial charge in [0.15, 0.2) is 5.82 Å². The quantitative estimate of drug-likeness (QED) is 0.833. The number of hydrogen-bond acceptors (Lipinski definition) is 6. The molecule has 1 aliphatic rings. The van der Waals surface area contributed by atoms with E-state index in [4.69, 9.17) is 0 Å². The van der Waals surface area contributed by atoms with Gasteiger partial charge < -0.3 is 15.1 Å². The average molecular weight is 312 g/mol. The molecule has 0 aliphatic carbocycles. The summed E-state index contributed by atoms with van der Waals surface area (Å²) in [5, 5.41) is 11.3. The lowest BCUT2D eigenvalue weighted by Crippen LogP contribution is -2.46. The number of aromatic nitrogens is 3. The molecule has 1 aromatic carbocycles. The van der Waals surface area contributed by atoms with Crippen LogP contribution in [0.25, 0.3) is 0 Å². The standard InChI is InChI=1S/C16H20N6O/c1-13-3-2-4-14(9-13)10-17-16-19-15(11-18-20-16)22-7-5-21(12-23)6-8-22/h2-4,9,11-12H,5-8,10H2,1H3,(H,17,19,20). The fourth-order valence-corrected chi connectivity index (χ4v) is 2.58. The molecular weight excluding hydrogens is 292 g/mol. The third-order valence-electron chi connectivity index (χ3n) is 3.87. The van der Waals surface area contributed by atoms with E-state index in [1.165, 1.54) is 11.1 Å². The van der Waals surface area contributed by atoms with Crippen LogP contribution in [0, 0.1) is 6.92 Å². The first-order valence-electron chi connectivity index (χ1n) is 7.68. The normalized spacial score (nSPS) is 14.7. The molecule has 0 spiro atoms. The number of nitrogens with zero attached hydrogens (tertiary/aromatic N) is 5. The monoisotopic (exact) mass is 312 g/mol. The zero-order valence-electron chi connectivity index (χ0n) is 13.1. The Bertz CT molecular complexity index is 669. The third kappa shape index (κ3) is 3.94. The molecular formula is C16H20N6O. The Morgan fingerprint density at radius 1 is 1.26 bits per heavy atom. The van der Waals surface area contributed by atoms with Gasteiger partial charge in [-0.2, -0.15) is 10.1 Å².